The number of nitrogens with zero attached hydrogens (tertiary/aromatic N) is 1. The minimum atomic E-state index is 0.421. The van der Waals surface area contributed by atoms with Gasteiger partial charge >= 0.3 is 0 Å². The van der Waals surface area contributed by atoms with E-state index >= 15 is 0 Å². The van der Waals surface area contributed by atoms with Gasteiger partial charge in [0.1, 0.15) is 11.5 Å². The third-order valence-corrected chi connectivity index (χ3v) is 2.47. The smallest absolute Gasteiger partial charge is 0.175 e. The first-order valence-corrected chi connectivity index (χ1v) is 5.14. The van der Waals surface area contributed by atoms with Gasteiger partial charge in [-0.3, -0.25) is 0 Å². The minimum absolute atomic E-state index is 0.421. The summed E-state index contributed by atoms with van der Waals surface area (Å²) in [5, 5.41) is 3.78. The van der Waals surface area contributed by atoms with Crippen LogP contribution in [0.3, 0.4) is 0 Å². The van der Waals surface area contributed by atoms with Crippen molar-refractivity contribution in [3.05, 3.63) is 30.0 Å². The average Bonchev–Trinajstić information content (AvgIpc) is 2.70. The van der Waals surface area contributed by atoms with Gasteiger partial charge in [0.05, 0.1) is 12.7 Å². The quantitative estimate of drug-likeness (QED) is 0.859. The van der Waals surface area contributed by atoms with Crippen molar-refractivity contribution in [2.24, 2.45) is 0 Å². The van der Waals surface area contributed by atoms with Gasteiger partial charge in [-0.05, 0) is 17.7 Å². The zero-order chi connectivity index (χ0) is 11.5. The van der Waals surface area contributed by atoms with E-state index in [1.165, 1.54) is 0 Å². The molecule has 1 heterocycles. The Balaban J connectivity index is 2.53. The Bertz CT molecular complexity index is 492. The van der Waals surface area contributed by atoms with Gasteiger partial charge in [0.2, 0.25) is 0 Å². The van der Waals surface area contributed by atoms with Gasteiger partial charge in [-0.1, -0.05) is 24.2 Å². The Morgan fingerprint density at radius 3 is 2.94 bits per heavy atom. The summed E-state index contributed by atoms with van der Waals surface area (Å²) in [6.07, 6.45) is 0.761. The molecule has 0 amide bonds. The third kappa shape index (κ3) is 1.74. The second kappa shape index (κ2) is 4.26. The van der Waals surface area contributed by atoms with E-state index in [9.17, 15) is 0 Å². The number of benzene rings is 1. The normalized spacial score (nSPS) is 10.4. The molecule has 0 spiro atoms. The van der Waals surface area contributed by atoms with Crippen LogP contribution in [0.2, 0.25) is 0 Å². The van der Waals surface area contributed by atoms with Crippen LogP contribution in [0.25, 0.3) is 11.1 Å². The molecule has 84 valence electrons. The molecule has 0 saturated heterocycles. The third-order valence-electron chi connectivity index (χ3n) is 2.47. The molecule has 1 aromatic carbocycles. The van der Waals surface area contributed by atoms with Crippen LogP contribution in [0.15, 0.2) is 28.8 Å². The van der Waals surface area contributed by atoms with Gasteiger partial charge < -0.3 is 15.0 Å². The van der Waals surface area contributed by atoms with Crippen molar-refractivity contribution < 1.29 is 9.26 Å². The van der Waals surface area contributed by atoms with Crippen molar-refractivity contribution in [1.29, 1.82) is 0 Å². The van der Waals surface area contributed by atoms with Crippen LogP contribution in [0.1, 0.15) is 12.7 Å². The molecule has 0 bridgehead atoms. The summed E-state index contributed by atoms with van der Waals surface area (Å²) in [4.78, 5) is 0. The van der Waals surface area contributed by atoms with Gasteiger partial charge in [0.25, 0.3) is 0 Å². The summed E-state index contributed by atoms with van der Waals surface area (Å²) < 4.78 is 10.3. The number of aromatic nitrogens is 1. The predicted molar refractivity (Wildman–Crippen MR) is 62.3 cm³/mol. The van der Waals surface area contributed by atoms with Gasteiger partial charge in [-0.2, -0.15) is 0 Å². The number of hydrogen-bond acceptors (Lipinski definition) is 4. The highest BCUT2D eigenvalue weighted by Gasteiger charge is 2.14. The monoisotopic (exact) mass is 218 g/mol. The molecule has 0 aliphatic carbocycles. The Hall–Kier alpha value is -1.97. The molecule has 16 heavy (non-hydrogen) atoms. The van der Waals surface area contributed by atoms with Crippen molar-refractivity contribution in [2.45, 2.75) is 13.3 Å². The molecular weight excluding hydrogens is 204 g/mol. The van der Waals surface area contributed by atoms with Crippen LogP contribution in [0.5, 0.6) is 5.75 Å². The zero-order valence-corrected chi connectivity index (χ0v) is 9.36. The highest BCUT2D eigenvalue weighted by atomic mass is 16.5. The zero-order valence-electron chi connectivity index (χ0n) is 9.36. The molecular formula is C12H14N2O2. The van der Waals surface area contributed by atoms with Crippen LogP contribution in [-0.2, 0) is 6.42 Å². The topological polar surface area (TPSA) is 61.3 Å². The number of methoxy groups -OCH3 is 1. The van der Waals surface area contributed by atoms with Gasteiger partial charge in [-0.15, -0.1) is 0 Å². The van der Waals surface area contributed by atoms with Crippen molar-refractivity contribution in [1.82, 2.24) is 5.16 Å². The number of aryl methyl sites for hydroxylation is 1. The fourth-order valence-corrected chi connectivity index (χ4v) is 1.67. The molecule has 0 atom stereocenters. The maximum absolute atomic E-state index is 5.79. The molecule has 2 rings (SSSR count). The highest BCUT2D eigenvalue weighted by Crippen LogP contribution is 2.31. The molecule has 0 saturated carbocycles. The lowest BCUT2D eigenvalue weighted by Gasteiger charge is -2.04. The van der Waals surface area contributed by atoms with Gasteiger partial charge in [-0.25, -0.2) is 0 Å². The number of nitrogen functional groups attached to an aromatic ring is 1. The van der Waals surface area contributed by atoms with E-state index < -0.39 is 0 Å². The molecule has 2 N–H and O–H groups in total. The van der Waals surface area contributed by atoms with Crippen LogP contribution < -0.4 is 10.5 Å². The van der Waals surface area contributed by atoms with E-state index in [2.05, 4.69) is 5.16 Å². The van der Waals surface area contributed by atoms with Crippen LogP contribution in [0.4, 0.5) is 5.82 Å². The van der Waals surface area contributed by atoms with Crippen molar-refractivity contribution >= 4 is 5.82 Å². The lowest BCUT2D eigenvalue weighted by atomic mass is 10.0. The molecule has 2 aromatic rings. The summed E-state index contributed by atoms with van der Waals surface area (Å²) in [6, 6.07) is 7.69. The van der Waals surface area contributed by atoms with Crippen molar-refractivity contribution in [3.63, 3.8) is 0 Å². The molecule has 0 fully saturated rings. The first-order chi connectivity index (χ1) is 7.76. The van der Waals surface area contributed by atoms with Gasteiger partial charge in [0.15, 0.2) is 5.82 Å². The highest BCUT2D eigenvalue weighted by molar-refractivity contribution is 5.76. The Kier molecular flexibility index (Phi) is 2.81. The molecule has 0 unspecified atom stereocenters. The van der Waals surface area contributed by atoms with Crippen molar-refractivity contribution in [2.75, 3.05) is 12.8 Å². The van der Waals surface area contributed by atoms with Crippen molar-refractivity contribution in [3.8, 4) is 16.9 Å². The summed E-state index contributed by atoms with van der Waals surface area (Å²) in [5.41, 5.74) is 7.62. The maximum atomic E-state index is 5.79. The molecule has 0 aliphatic heterocycles. The molecule has 1 aromatic heterocycles. The van der Waals surface area contributed by atoms with Crippen LogP contribution >= 0.6 is 0 Å². The lowest BCUT2D eigenvalue weighted by Crippen LogP contribution is -1.90. The fraction of sp³-hybridized carbons (Fsp3) is 0.250. The molecule has 4 nitrogen and oxygen atoms in total. The number of nitrogens with two attached hydrogens (primary N) is 1. The largest absolute Gasteiger partial charge is 0.497 e. The van der Waals surface area contributed by atoms with E-state index in [1.54, 1.807) is 7.11 Å². The average molecular weight is 218 g/mol. The Labute approximate surface area is 94.0 Å². The van der Waals surface area contributed by atoms with E-state index in [0.717, 1.165) is 29.1 Å². The first-order valence-electron chi connectivity index (χ1n) is 5.14. The van der Waals surface area contributed by atoms with E-state index in [1.807, 2.05) is 31.2 Å². The maximum Gasteiger partial charge on any atom is 0.175 e. The summed E-state index contributed by atoms with van der Waals surface area (Å²) >= 11 is 0. The molecule has 4 heteroatoms. The SMILES string of the molecule is CCc1onc(N)c1-c1cccc(OC)c1. The number of hydrogen-bond donors (Lipinski definition) is 1. The van der Waals surface area contributed by atoms with Crippen LogP contribution in [0, 0.1) is 0 Å². The summed E-state index contributed by atoms with van der Waals surface area (Å²) in [7, 11) is 1.64. The van der Waals surface area contributed by atoms with E-state index in [4.69, 9.17) is 15.0 Å². The standard InChI is InChI=1S/C12H14N2O2/c1-3-10-11(12(13)14-16-10)8-5-4-6-9(7-8)15-2/h4-7H,3H2,1-2H3,(H2,13,14). The second-order valence-corrected chi connectivity index (χ2v) is 3.45. The summed E-state index contributed by atoms with van der Waals surface area (Å²) in [5.74, 6) is 2.01. The lowest BCUT2D eigenvalue weighted by molar-refractivity contribution is 0.390. The number of rotatable bonds is 3. The summed E-state index contributed by atoms with van der Waals surface area (Å²) in [6.45, 7) is 2.00. The predicted octanol–water partition coefficient (Wildman–Crippen LogP) is 2.49. The first kappa shape index (κ1) is 10.5. The van der Waals surface area contributed by atoms with E-state index in [0.29, 0.717) is 5.82 Å². The second-order valence-electron chi connectivity index (χ2n) is 3.45. The molecule has 0 radical (unpaired) electrons. The Morgan fingerprint density at radius 2 is 2.25 bits per heavy atom. The van der Waals surface area contributed by atoms with Crippen LogP contribution in [-0.4, -0.2) is 12.3 Å². The molecule has 0 aliphatic rings. The number of ether oxygens (including phenoxy) is 1. The minimum Gasteiger partial charge on any atom is -0.497 e. The number of anilines is 1. The Morgan fingerprint density at radius 1 is 1.44 bits per heavy atom. The van der Waals surface area contributed by atoms with E-state index in [-0.39, 0.29) is 0 Å². The fourth-order valence-electron chi connectivity index (χ4n) is 1.67. The van der Waals surface area contributed by atoms with Gasteiger partial charge in [0, 0.05) is 6.42 Å².